The van der Waals surface area contributed by atoms with Crippen LogP contribution in [-0.4, -0.2) is 17.7 Å². The van der Waals surface area contributed by atoms with Gasteiger partial charge in [0.2, 0.25) is 0 Å². The van der Waals surface area contributed by atoms with E-state index in [-0.39, 0.29) is 17.3 Å². The smallest absolute Gasteiger partial charge is 0.338 e. The number of ether oxygens (including phenoxy) is 1. The van der Waals surface area contributed by atoms with Gasteiger partial charge in [0, 0.05) is 0 Å². The Kier molecular flexibility index (Phi) is 4.33. The number of hydrogen-bond acceptors (Lipinski definition) is 3. The third-order valence-corrected chi connectivity index (χ3v) is 1.90. The minimum absolute atomic E-state index is 0.120. The van der Waals surface area contributed by atoms with Gasteiger partial charge in [-0.2, -0.15) is 0 Å². The lowest BCUT2D eigenvalue weighted by Gasteiger charge is -2.08. The molecule has 0 heterocycles. The zero-order valence-electron chi connectivity index (χ0n) is 8.92. The summed E-state index contributed by atoms with van der Waals surface area (Å²) in [6.45, 7) is 1.71. The van der Waals surface area contributed by atoms with Crippen LogP contribution >= 0.6 is 12.2 Å². The predicted molar refractivity (Wildman–Crippen MR) is 62.7 cm³/mol. The molecule has 0 amide bonds. The molecule has 7 heteroatoms. The van der Waals surface area contributed by atoms with Gasteiger partial charge in [-0.1, -0.05) is 0 Å². The molecule has 0 radical (unpaired) electrons. The van der Waals surface area contributed by atoms with Crippen molar-refractivity contribution in [3.63, 3.8) is 0 Å². The van der Waals surface area contributed by atoms with Crippen LogP contribution in [-0.2, 0) is 4.74 Å². The van der Waals surface area contributed by atoms with E-state index in [0.717, 1.165) is 12.1 Å². The largest absolute Gasteiger partial charge is 0.462 e. The van der Waals surface area contributed by atoms with E-state index in [2.05, 4.69) is 22.3 Å². The van der Waals surface area contributed by atoms with Gasteiger partial charge in [-0.3, -0.25) is 0 Å². The molecule has 1 aromatic carbocycles. The van der Waals surface area contributed by atoms with E-state index >= 15 is 0 Å². The standard InChI is InChI=1S/C10H10F2N2O2S/c1-2-16-9(15)5-3-6(11)8(7(12)4-5)14-10(13)17/h3-4H,2H2,1H3,(H3,13,14,17). The zero-order valence-corrected chi connectivity index (χ0v) is 9.74. The molecule has 0 aromatic heterocycles. The van der Waals surface area contributed by atoms with Crippen molar-refractivity contribution < 1.29 is 18.3 Å². The summed E-state index contributed by atoms with van der Waals surface area (Å²) in [6, 6.07) is 1.70. The van der Waals surface area contributed by atoms with Crippen molar-refractivity contribution in [1.82, 2.24) is 0 Å². The van der Waals surface area contributed by atoms with Crippen LogP contribution in [0.1, 0.15) is 17.3 Å². The number of carbonyl (C=O) groups excluding carboxylic acids is 1. The zero-order chi connectivity index (χ0) is 13.0. The Balaban J connectivity index is 3.09. The summed E-state index contributed by atoms with van der Waals surface area (Å²) in [6.07, 6.45) is 0. The molecule has 0 atom stereocenters. The maximum atomic E-state index is 13.4. The average Bonchev–Trinajstić information content (AvgIpc) is 2.23. The van der Waals surface area contributed by atoms with Gasteiger partial charge in [0.15, 0.2) is 16.7 Å². The first kappa shape index (κ1) is 13.3. The molecule has 0 aliphatic heterocycles. The molecule has 0 spiro atoms. The number of anilines is 1. The van der Waals surface area contributed by atoms with E-state index < -0.39 is 23.3 Å². The van der Waals surface area contributed by atoms with Crippen LogP contribution in [0.5, 0.6) is 0 Å². The topological polar surface area (TPSA) is 64.3 Å². The van der Waals surface area contributed by atoms with Gasteiger partial charge in [0.25, 0.3) is 0 Å². The van der Waals surface area contributed by atoms with Crippen LogP contribution in [0.4, 0.5) is 14.5 Å². The highest BCUT2D eigenvalue weighted by molar-refractivity contribution is 7.80. The number of benzene rings is 1. The first-order valence-electron chi connectivity index (χ1n) is 4.68. The Hall–Kier alpha value is -1.76. The van der Waals surface area contributed by atoms with Crippen LogP contribution in [0.25, 0.3) is 0 Å². The van der Waals surface area contributed by atoms with E-state index in [0.29, 0.717) is 0 Å². The Morgan fingerprint density at radius 2 is 2.00 bits per heavy atom. The molecule has 0 unspecified atom stereocenters. The third-order valence-electron chi connectivity index (χ3n) is 1.80. The molecular formula is C10H10F2N2O2S. The van der Waals surface area contributed by atoms with Gasteiger partial charge in [0.05, 0.1) is 12.2 Å². The van der Waals surface area contributed by atoms with Crippen LogP contribution in [0.3, 0.4) is 0 Å². The van der Waals surface area contributed by atoms with Gasteiger partial charge in [-0.25, -0.2) is 13.6 Å². The van der Waals surface area contributed by atoms with E-state index in [1.54, 1.807) is 6.92 Å². The lowest BCUT2D eigenvalue weighted by Crippen LogP contribution is -2.21. The number of carbonyl (C=O) groups is 1. The van der Waals surface area contributed by atoms with Gasteiger partial charge in [-0.15, -0.1) is 0 Å². The molecule has 0 bridgehead atoms. The second-order valence-electron chi connectivity index (χ2n) is 3.02. The molecule has 1 aromatic rings. The lowest BCUT2D eigenvalue weighted by atomic mass is 10.2. The van der Waals surface area contributed by atoms with E-state index in [9.17, 15) is 13.6 Å². The van der Waals surface area contributed by atoms with Crippen LogP contribution in [0.2, 0.25) is 0 Å². The fourth-order valence-electron chi connectivity index (χ4n) is 1.15. The predicted octanol–water partition coefficient (Wildman–Crippen LogP) is 1.80. The maximum Gasteiger partial charge on any atom is 0.338 e. The molecule has 92 valence electrons. The third kappa shape index (κ3) is 3.35. The highest BCUT2D eigenvalue weighted by Crippen LogP contribution is 2.21. The van der Waals surface area contributed by atoms with Crippen molar-refractivity contribution in [2.75, 3.05) is 11.9 Å². The molecule has 1 rings (SSSR count). The minimum atomic E-state index is -0.971. The molecule has 3 N–H and O–H groups in total. The van der Waals surface area contributed by atoms with Crippen LogP contribution in [0, 0.1) is 11.6 Å². The number of thiocarbonyl (C=S) groups is 1. The first-order chi connectivity index (χ1) is 7.95. The Morgan fingerprint density at radius 1 is 1.47 bits per heavy atom. The fraction of sp³-hybridized carbons (Fsp3) is 0.200. The van der Waals surface area contributed by atoms with E-state index in [4.69, 9.17) is 5.73 Å². The molecule has 4 nitrogen and oxygen atoms in total. The molecule has 0 saturated carbocycles. The molecule has 0 aliphatic carbocycles. The van der Waals surface area contributed by atoms with E-state index in [1.165, 1.54) is 0 Å². The second kappa shape index (κ2) is 5.53. The van der Waals surface area contributed by atoms with Gasteiger partial charge < -0.3 is 15.8 Å². The SMILES string of the molecule is CCOC(=O)c1cc(F)c(NC(N)=S)c(F)c1. The van der Waals surface area contributed by atoms with Crippen molar-refractivity contribution in [2.24, 2.45) is 5.73 Å². The Morgan fingerprint density at radius 3 is 2.41 bits per heavy atom. The van der Waals surface area contributed by atoms with Gasteiger partial charge in [0.1, 0.15) is 5.69 Å². The number of esters is 1. The quantitative estimate of drug-likeness (QED) is 0.641. The first-order valence-corrected chi connectivity index (χ1v) is 5.09. The minimum Gasteiger partial charge on any atom is -0.462 e. The highest BCUT2D eigenvalue weighted by atomic mass is 32.1. The fourth-order valence-corrected chi connectivity index (χ4v) is 1.25. The molecular weight excluding hydrogens is 250 g/mol. The summed E-state index contributed by atoms with van der Waals surface area (Å²) in [5.74, 6) is -2.74. The van der Waals surface area contributed by atoms with Gasteiger partial charge >= 0.3 is 5.97 Å². The van der Waals surface area contributed by atoms with Crippen molar-refractivity contribution in [3.8, 4) is 0 Å². The van der Waals surface area contributed by atoms with Crippen molar-refractivity contribution in [2.45, 2.75) is 6.92 Å². The summed E-state index contributed by atoms with van der Waals surface area (Å²) in [7, 11) is 0. The second-order valence-corrected chi connectivity index (χ2v) is 3.46. The summed E-state index contributed by atoms with van der Waals surface area (Å²) in [5, 5.41) is 1.88. The van der Waals surface area contributed by atoms with Gasteiger partial charge in [-0.05, 0) is 31.3 Å². The highest BCUT2D eigenvalue weighted by Gasteiger charge is 2.16. The Bertz CT molecular complexity index is 443. The summed E-state index contributed by atoms with van der Waals surface area (Å²) >= 11 is 4.46. The number of rotatable bonds is 3. The average molecular weight is 260 g/mol. The van der Waals surface area contributed by atoms with Crippen molar-refractivity contribution in [1.29, 1.82) is 0 Å². The van der Waals surface area contributed by atoms with Crippen LogP contribution in [0.15, 0.2) is 12.1 Å². The summed E-state index contributed by atoms with van der Waals surface area (Å²) in [4.78, 5) is 11.3. The summed E-state index contributed by atoms with van der Waals surface area (Å²) in [5.41, 5.74) is 4.40. The van der Waals surface area contributed by atoms with Crippen LogP contribution < -0.4 is 11.1 Å². The molecule has 0 aliphatic rings. The van der Waals surface area contributed by atoms with Crippen molar-refractivity contribution >= 4 is 29.0 Å². The maximum absolute atomic E-state index is 13.4. The molecule has 0 fully saturated rings. The number of hydrogen-bond donors (Lipinski definition) is 2. The normalized spacial score (nSPS) is 9.82. The number of nitrogens with two attached hydrogens (primary N) is 1. The monoisotopic (exact) mass is 260 g/mol. The molecule has 0 saturated heterocycles. The van der Waals surface area contributed by atoms with Crippen molar-refractivity contribution in [3.05, 3.63) is 29.3 Å². The number of nitrogens with one attached hydrogen (secondary N) is 1. The summed E-state index contributed by atoms with van der Waals surface area (Å²) < 4.78 is 31.5. The Labute approximate surface area is 102 Å². The molecule has 17 heavy (non-hydrogen) atoms. The lowest BCUT2D eigenvalue weighted by molar-refractivity contribution is 0.0525. The number of halogens is 2. The van der Waals surface area contributed by atoms with E-state index in [1.807, 2.05) is 0 Å².